The molecule has 0 aromatic heterocycles. The largest absolute Gasteiger partial charge is 0.385 e. The third kappa shape index (κ3) is 21.6. The Labute approximate surface area is 220 Å². The van der Waals surface area contributed by atoms with Crippen molar-refractivity contribution in [1.29, 1.82) is 0 Å². The van der Waals surface area contributed by atoms with Crippen LogP contribution in [0.2, 0.25) is 0 Å². The summed E-state index contributed by atoms with van der Waals surface area (Å²) in [4.78, 5) is 10.3. The van der Waals surface area contributed by atoms with Crippen LogP contribution in [-0.4, -0.2) is 42.9 Å². The Kier molecular flexibility index (Phi) is 22.9. The molecule has 0 spiro atoms. The maximum atomic E-state index is 12.5. The molecule has 1 N–H and O–H groups in total. The Bertz CT molecular complexity index is 530. The van der Waals surface area contributed by atoms with E-state index in [1.165, 1.54) is 116 Å². The van der Waals surface area contributed by atoms with Gasteiger partial charge in [0.15, 0.2) is 5.78 Å². The first-order valence-electron chi connectivity index (χ1n) is 15.2. The highest BCUT2D eigenvalue weighted by molar-refractivity contribution is 7.53. The fourth-order valence-electron chi connectivity index (χ4n) is 4.95. The maximum Gasteiger partial charge on any atom is 0.385 e. The number of nitrogens with zero attached hydrogens (tertiary/aromatic N) is 1. The predicted octanol–water partition coefficient (Wildman–Crippen LogP) is 10.0. The third-order valence-electron chi connectivity index (χ3n) is 7.09. The lowest BCUT2D eigenvalue weighted by Crippen LogP contribution is -2.44. The molecule has 0 heterocycles. The van der Waals surface area contributed by atoms with E-state index in [0.717, 1.165) is 6.42 Å². The van der Waals surface area contributed by atoms with E-state index < -0.39 is 7.60 Å². The van der Waals surface area contributed by atoms with E-state index in [9.17, 15) is 9.46 Å². The van der Waals surface area contributed by atoms with Gasteiger partial charge < -0.3 is 13.9 Å². The van der Waals surface area contributed by atoms with Gasteiger partial charge in [-0.2, -0.15) is 0 Å². The second-order valence-electron chi connectivity index (χ2n) is 11.5. The van der Waals surface area contributed by atoms with Crippen molar-refractivity contribution >= 4 is 7.60 Å². The Morgan fingerprint density at radius 2 is 1.03 bits per heavy atom. The number of hydrogen-bond acceptors (Lipinski definition) is 2. The molecule has 0 fully saturated rings. The molecule has 4 nitrogen and oxygen atoms in total. The fourth-order valence-corrected chi connectivity index (χ4v) is 6.83. The van der Waals surface area contributed by atoms with Crippen molar-refractivity contribution in [2.45, 2.75) is 154 Å². The standard InChI is InChI=1S/C30H62NO3P/c1-6-8-9-10-11-12-13-14-15-16-17-18-19-20-21-22-23-24-25-26-27-28-29-34-35(32,33)30(7-2)31(3,4)5/h26-27,30H,6-25,28-29H2,1-5H3/p+1. The zero-order valence-electron chi connectivity index (χ0n) is 24.4. The van der Waals surface area contributed by atoms with Crippen LogP contribution in [0.15, 0.2) is 12.2 Å². The Morgan fingerprint density at radius 1 is 0.657 bits per heavy atom. The van der Waals surface area contributed by atoms with Gasteiger partial charge in [0.05, 0.1) is 27.7 Å². The average molecular weight is 517 g/mol. The van der Waals surface area contributed by atoms with E-state index >= 15 is 0 Å². The first-order valence-corrected chi connectivity index (χ1v) is 16.8. The molecule has 210 valence electrons. The number of unbranched alkanes of at least 4 members (excludes halogenated alkanes) is 18. The zero-order valence-corrected chi connectivity index (χ0v) is 25.3. The first-order chi connectivity index (χ1) is 16.8. The van der Waals surface area contributed by atoms with Crippen LogP contribution in [0.1, 0.15) is 149 Å². The van der Waals surface area contributed by atoms with Crippen LogP contribution >= 0.6 is 7.60 Å². The molecule has 5 heteroatoms. The molecule has 35 heavy (non-hydrogen) atoms. The molecule has 0 amide bonds. The van der Waals surface area contributed by atoms with Gasteiger partial charge in [0, 0.05) is 6.42 Å². The van der Waals surface area contributed by atoms with Crippen molar-refractivity contribution in [2.75, 3.05) is 27.7 Å². The number of rotatable bonds is 26. The smallest absolute Gasteiger partial charge is 0.320 e. The van der Waals surface area contributed by atoms with Gasteiger partial charge in [-0.25, -0.2) is 0 Å². The van der Waals surface area contributed by atoms with E-state index in [1.54, 1.807) is 0 Å². The van der Waals surface area contributed by atoms with Gasteiger partial charge in [0.2, 0.25) is 0 Å². The lowest BCUT2D eigenvalue weighted by molar-refractivity contribution is -0.883. The molecular formula is C30H63NO3P+. The Morgan fingerprint density at radius 3 is 1.40 bits per heavy atom. The van der Waals surface area contributed by atoms with Crippen LogP contribution in [0.3, 0.4) is 0 Å². The van der Waals surface area contributed by atoms with Gasteiger partial charge >= 0.3 is 7.60 Å². The normalized spacial score (nSPS) is 15.0. The quantitative estimate of drug-likeness (QED) is 0.0538. The topological polar surface area (TPSA) is 46.5 Å². The molecule has 0 aliphatic rings. The molecule has 0 aromatic rings. The molecule has 0 saturated carbocycles. The van der Waals surface area contributed by atoms with E-state index in [2.05, 4.69) is 19.1 Å². The molecule has 2 unspecified atom stereocenters. The van der Waals surface area contributed by atoms with Gasteiger partial charge in [0.25, 0.3) is 0 Å². The first kappa shape index (κ1) is 34.9. The van der Waals surface area contributed by atoms with Crippen molar-refractivity contribution in [2.24, 2.45) is 0 Å². The number of allylic oxidation sites excluding steroid dienone is 1. The van der Waals surface area contributed by atoms with Crippen molar-refractivity contribution in [3.8, 4) is 0 Å². The maximum absolute atomic E-state index is 12.5. The molecule has 0 aliphatic heterocycles. The minimum atomic E-state index is -3.58. The molecule has 0 rings (SSSR count). The van der Waals surface area contributed by atoms with E-state index in [1.807, 2.05) is 28.1 Å². The SMILES string of the molecule is CCCCCCCCCCCCCCCCCCCCC=CCCOP(=O)(O)C(CC)[N+](C)(C)C. The number of hydrogen-bond donors (Lipinski definition) is 1. The molecular weight excluding hydrogens is 453 g/mol. The van der Waals surface area contributed by atoms with Gasteiger partial charge in [-0.3, -0.25) is 4.57 Å². The average Bonchev–Trinajstić information content (AvgIpc) is 2.78. The predicted molar refractivity (Wildman–Crippen MR) is 155 cm³/mol. The third-order valence-corrected chi connectivity index (χ3v) is 9.45. The van der Waals surface area contributed by atoms with Gasteiger partial charge in [-0.05, 0) is 19.3 Å². The highest BCUT2D eigenvalue weighted by Gasteiger charge is 2.41. The summed E-state index contributed by atoms with van der Waals surface area (Å²) >= 11 is 0. The van der Waals surface area contributed by atoms with Gasteiger partial charge in [-0.1, -0.05) is 135 Å². The lowest BCUT2D eigenvalue weighted by atomic mass is 10.0. The van der Waals surface area contributed by atoms with E-state index in [0.29, 0.717) is 23.9 Å². The van der Waals surface area contributed by atoms with Crippen molar-refractivity contribution in [3.05, 3.63) is 12.2 Å². The second-order valence-corrected chi connectivity index (χ2v) is 13.4. The Hall–Kier alpha value is -0.150. The second kappa shape index (κ2) is 23.0. The summed E-state index contributed by atoms with van der Waals surface area (Å²) in [6.45, 7) is 4.55. The van der Waals surface area contributed by atoms with Crippen LogP contribution in [0.25, 0.3) is 0 Å². The van der Waals surface area contributed by atoms with E-state index in [-0.39, 0.29) is 5.78 Å². The highest BCUT2D eigenvalue weighted by Crippen LogP contribution is 2.51. The lowest BCUT2D eigenvalue weighted by Gasteiger charge is -2.35. The molecule has 0 saturated heterocycles. The molecule has 0 aromatic carbocycles. The molecule has 0 aliphatic carbocycles. The molecule has 0 radical (unpaired) electrons. The number of quaternary nitrogens is 1. The minimum Gasteiger partial charge on any atom is -0.320 e. The summed E-state index contributed by atoms with van der Waals surface area (Å²) in [5, 5.41) is 0. The molecule has 2 atom stereocenters. The van der Waals surface area contributed by atoms with Crippen molar-refractivity contribution < 1.29 is 18.5 Å². The minimum absolute atomic E-state index is 0.319. The summed E-state index contributed by atoms with van der Waals surface area (Å²) in [7, 11) is 2.25. The summed E-state index contributed by atoms with van der Waals surface area (Å²) in [6, 6.07) is 0. The fraction of sp³-hybridized carbons (Fsp3) is 0.933. The summed E-state index contributed by atoms with van der Waals surface area (Å²) in [6.07, 6.45) is 32.1. The monoisotopic (exact) mass is 516 g/mol. The van der Waals surface area contributed by atoms with Gasteiger partial charge in [-0.15, -0.1) is 0 Å². The van der Waals surface area contributed by atoms with Crippen LogP contribution in [0.4, 0.5) is 0 Å². The zero-order chi connectivity index (χ0) is 26.3. The summed E-state index contributed by atoms with van der Waals surface area (Å²) < 4.78 is 18.3. The summed E-state index contributed by atoms with van der Waals surface area (Å²) in [5.41, 5.74) is 0. The Balaban J connectivity index is 3.40. The highest BCUT2D eigenvalue weighted by atomic mass is 31.2. The van der Waals surface area contributed by atoms with Crippen LogP contribution in [0, 0.1) is 0 Å². The molecule has 0 bridgehead atoms. The van der Waals surface area contributed by atoms with Crippen LogP contribution in [0.5, 0.6) is 0 Å². The van der Waals surface area contributed by atoms with Crippen molar-refractivity contribution in [3.63, 3.8) is 0 Å². The van der Waals surface area contributed by atoms with E-state index in [4.69, 9.17) is 4.52 Å². The van der Waals surface area contributed by atoms with Gasteiger partial charge in [0.1, 0.15) is 0 Å². The van der Waals surface area contributed by atoms with Crippen molar-refractivity contribution in [1.82, 2.24) is 0 Å². The summed E-state index contributed by atoms with van der Waals surface area (Å²) in [5.74, 6) is -0.369. The van der Waals surface area contributed by atoms with Crippen LogP contribution in [-0.2, 0) is 9.09 Å². The van der Waals surface area contributed by atoms with Crippen LogP contribution < -0.4 is 0 Å².